The van der Waals surface area contributed by atoms with Crippen LogP contribution < -0.4 is 15.0 Å². The van der Waals surface area contributed by atoms with Crippen molar-refractivity contribution in [2.75, 3.05) is 32.6 Å². The number of carbonyl (C=O) groups excluding carboxylic acids is 1. The van der Waals surface area contributed by atoms with Crippen molar-refractivity contribution < 1.29 is 9.53 Å². The third-order valence-electron chi connectivity index (χ3n) is 5.81. The first kappa shape index (κ1) is 21.5. The number of ether oxygens (including phenoxy) is 1. The summed E-state index contributed by atoms with van der Waals surface area (Å²) in [7, 11) is 5.70. The van der Waals surface area contributed by atoms with E-state index in [-0.39, 0.29) is 11.8 Å². The Morgan fingerprint density at radius 2 is 1.81 bits per heavy atom. The normalized spacial score (nSPS) is 11.8. The summed E-state index contributed by atoms with van der Waals surface area (Å²) in [6.07, 6.45) is 2.38. The van der Waals surface area contributed by atoms with Crippen molar-refractivity contribution in [1.29, 1.82) is 0 Å². The number of nitrogens with zero attached hydrogens (tertiary/aromatic N) is 1. The number of nitrogens with one attached hydrogen (secondary N) is 2. The van der Waals surface area contributed by atoms with Crippen LogP contribution in [0.2, 0.25) is 0 Å². The summed E-state index contributed by atoms with van der Waals surface area (Å²) < 4.78 is 5.27. The maximum absolute atomic E-state index is 12.8. The van der Waals surface area contributed by atoms with Crippen LogP contribution in [-0.2, 0) is 11.2 Å². The molecule has 0 aliphatic carbocycles. The number of H-pyrrole nitrogens is 1. The second kappa shape index (κ2) is 9.60. The Hall–Kier alpha value is -3.73. The van der Waals surface area contributed by atoms with Crippen LogP contribution in [0.15, 0.2) is 79.0 Å². The van der Waals surface area contributed by atoms with Gasteiger partial charge in [0.15, 0.2) is 0 Å². The van der Waals surface area contributed by atoms with Gasteiger partial charge in [0, 0.05) is 49.3 Å². The molecular weight excluding hydrogens is 398 g/mol. The van der Waals surface area contributed by atoms with Crippen LogP contribution >= 0.6 is 0 Å². The minimum absolute atomic E-state index is 0.00648. The predicted octanol–water partition coefficient (Wildman–Crippen LogP) is 4.73. The van der Waals surface area contributed by atoms with Crippen molar-refractivity contribution >= 4 is 22.5 Å². The lowest BCUT2D eigenvalue weighted by atomic mass is 9.90. The molecule has 2 N–H and O–H groups in total. The van der Waals surface area contributed by atoms with Crippen LogP contribution in [0.1, 0.15) is 22.6 Å². The van der Waals surface area contributed by atoms with Gasteiger partial charge in [-0.25, -0.2) is 0 Å². The number of hydrogen-bond donors (Lipinski definition) is 2. The van der Waals surface area contributed by atoms with Crippen molar-refractivity contribution in [2.45, 2.75) is 12.3 Å². The average Bonchev–Trinajstić information content (AvgIpc) is 3.24. The molecule has 0 saturated heterocycles. The average molecular weight is 428 g/mol. The van der Waals surface area contributed by atoms with Gasteiger partial charge in [-0.1, -0.05) is 42.5 Å². The summed E-state index contributed by atoms with van der Waals surface area (Å²) in [4.78, 5) is 18.2. The number of methoxy groups -OCH3 is 1. The van der Waals surface area contributed by atoms with Crippen LogP contribution in [0, 0.1) is 0 Å². The number of anilines is 1. The maximum Gasteiger partial charge on any atom is 0.224 e. The van der Waals surface area contributed by atoms with Crippen molar-refractivity contribution in [3.05, 3.63) is 95.7 Å². The molecule has 5 heteroatoms. The molecule has 32 heavy (non-hydrogen) atoms. The smallest absolute Gasteiger partial charge is 0.224 e. The molecule has 0 fully saturated rings. The Labute approximate surface area is 189 Å². The number of carbonyl (C=O) groups is 1. The molecule has 0 radical (unpaired) electrons. The van der Waals surface area contributed by atoms with Crippen LogP contribution in [0.5, 0.6) is 5.75 Å². The third kappa shape index (κ3) is 4.78. The summed E-state index contributed by atoms with van der Waals surface area (Å²) >= 11 is 0. The van der Waals surface area contributed by atoms with E-state index in [0.29, 0.717) is 13.0 Å². The largest absolute Gasteiger partial charge is 0.497 e. The first-order valence-electron chi connectivity index (χ1n) is 10.8. The minimum atomic E-state index is -0.00648. The van der Waals surface area contributed by atoms with Gasteiger partial charge in [-0.2, -0.15) is 0 Å². The molecule has 0 aliphatic heterocycles. The molecular formula is C27H29N3O2. The summed E-state index contributed by atoms with van der Waals surface area (Å²) in [6, 6.07) is 24.4. The zero-order chi connectivity index (χ0) is 22.5. The van der Waals surface area contributed by atoms with E-state index in [1.807, 2.05) is 50.5 Å². The van der Waals surface area contributed by atoms with Crippen LogP contribution in [0.4, 0.5) is 5.69 Å². The fourth-order valence-electron chi connectivity index (χ4n) is 4.04. The second-order valence-electron chi connectivity index (χ2n) is 8.16. The molecule has 0 bridgehead atoms. The molecule has 1 amide bonds. The molecule has 0 saturated carbocycles. The van der Waals surface area contributed by atoms with Crippen molar-refractivity contribution in [2.24, 2.45) is 0 Å². The quantitative estimate of drug-likeness (QED) is 0.427. The number of benzene rings is 3. The Morgan fingerprint density at radius 3 is 2.56 bits per heavy atom. The van der Waals surface area contributed by atoms with Gasteiger partial charge in [0.05, 0.1) is 13.5 Å². The monoisotopic (exact) mass is 427 g/mol. The van der Waals surface area contributed by atoms with Gasteiger partial charge in [-0.15, -0.1) is 0 Å². The molecule has 0 spiro atoms. The van der Waals surface area contributed by atoms with E-state index in [1.54, 1.807) is 7.11 Å². The maximum atomic E-state index is 12.8. The summed E-state index contributed by atoms with van der Waals surface area (Å²) in [6.45, 7) is 0.520. The van der Waals surface area contributed by atoms with Gasteiger partial charge in [-0.05, 0) is 47.0 Å². The van der Waals surface area contributed by atoms with Crippen molar-refractivity contribution in [3.63, 3.8) is 0 Å². The highest BCUT2D eigenvalue weighted by Gasteiger charge is 2.19. The lowest BCUT2D eigenvalue weighted by molar-refractivity contribution is -0.120. The lowest BCUT2D eigenvalue weighted by Gasteiger charge is -2.20. The van der Waals surface area contributed by atoms with Crippen molar-refractivity contribution in [3.8, 4) is 5.75 Å². The number of para-hydroxylation sites is 1. The Balaban J connectivity index is 1.57. The zero-order valence-corrected chi connectivity index (χ0v) is 18.8. The molecule has 3 aromatic carbocycles. The summed E-state index contributed by atoms with van der Waals surface area (Å²) in [5, 5.41) is 4.33. The second-order valence-corrected chi connectivity index (χ2v) is 8.16. The number of fused-ring (bicyclic) bond motifs is 1. The number of aromatic nitrogens is 1. The minimum Gasteiger partial charge on any atom is -0.497 e. The van der Waals surface area contributed by atoms with Crippen LogP contribution in [0.3, 0.4) is 0 Å². The van der Waals surface area contributed by atoms with Gasteiger partial charge in [0.1, 0.15) is 5.75 Å². The Kier molecular flexibility index (Phi) is 6.45. The lowest BCUT2D eigenvalue weighted by Crippen LogP contribution is -2.30. The molecule has 5 nitrogen and oxygen atoms in total. The third-order valence-corrected chi connectivity index (χ3v) is 5.81. The van der Waals surface area contributed by atoms with E-state index in [4.69, 9.17) is 4.74 Å². The van der Waals surface area contributed by atoms with Gasteiger partial charge in [0.2, 0.25) is 5.91 Å². The van der Waals surface area contributed by atoms with E-state index in [9.17, 15) is 4.79 Å². The van der Waals surface area contributed by atoms with Gasteiger partial charge < -0.3 is 19.9 Å². The molecule has 1 unspecified atom stereocenters. The molecule has 1 aromatic heterocycles. The van der Waals surface area contributed by atoms with E-state index in [2.05, 4.69) is 57.8 Å². The zero-order valence-electron chi connectivity index (χ0n) is 18.8. The molecule has 0 aliphatic rings. The summed E-state index contributed by atoms with van der Waals surface area (Å²) in [5.74, 6) is 0.789. The number of aromatic amines is 1. The number of hydrogen-bond acceptors (Lipinski definition) is 3. The predicted molar refractivity (Wildman–Crippen MR) is 131 cm³/mol. The Morgan fingerprint density at radius 1 is 1.03 bits per heavy atom. The SMILES string of the molecule is COc1cccc(CC(=O)NCC(c2ccc(N(C)C)cc2)c2c[nH]c3ccccc23)c1. The van der Waals surface area contributed by atoms with E-state index in [0.717, 1.165) is 22.5 Å². The first-order valence-corrected chi connectivity index (χ1v) is 10.8. The van der Waals surface area contributed by atoms with Gasteiger partial charge >= 0.3 is 0 Å². The van der Waals surface area contributed by atoms with Gasteiger partial charge in [0.25, 0.3) is 0 Å². The van der Waals surface area contributed by atoms with E-state index < -0.39 is 0 Å². The fraction of sp³-hybridized carbons (Fsp3) is 0.222. The van der Waals surface area contributed by atoms with Gasteiger partial charge in [-0.3, -0.25) is 4.79 Å². The Bertz CT molecular complexity index is 1190. The highest BCUT2D eigenvalue weighted by molar-refractivity contribution is 5.84. The van der Waals surface area contributed by atoms with E-state index >= 15 is 0 Å². The topological polar surface area (TPSA) is 57.4 Å². The molecule has 4 rings (SSSR count). The highest BCUT2D eigenvalue weighted by atomic mass is 16.5. The standard InChI is InChI=1S/C27H29N3O2/c1-30(2)21-13-11-20(12-14-21)24(25-18-28-26-10-5-4-9-23(25)26)17-29-27(31)16-19-7-6-8-22(15-19)32-3/h4-15,18,24,28H,16-17H2,1-3H3,(H,29,31). The number of rotatable bonds is 8. The molecule has 164 valence electrons. The number of amides is 1. The molecule has 1 atom stereocenters. The molecule has 4 aromatic rings. The first-order chi connectivity index (χ1) is 15.5. The molecule has 1 heterocycles. The van der Waals surface area contributed by atoms with Crippen LogP contribution in [0.25, 0.3) is 10.9 Å². The van der Waals surface area contributed by atoms with E-state index in [1.165, 1.54) is 16.5 Å². The van der Waals surface area contributed by atoms with Crippen molar-refractivity contribution in [1.82, 2.24) is 10.3 Å². The summed E-state index contributed by atoms with van der Waals surface area (Å²) in [5.41, 5.74) is 5.52. The van der Waals surface area contributed by atoms with Crippen LogP contribution in [-0.4, -0.2) is 38.6 Å². The fourth-order valence-corrected chi connectivity index (χ4v) is 4.04. The highest BCUT2D eigenvalue weighted by Crippen LogP contribution is 2.31.